The van der Waals surface area contributed by atoms with E-state index in [9.17, 15) is 0 Å². The number of hydrogen-bond donors (Lipinski definition) is 1. The second kappa shape index (κ2) is 5.04. The molecule has 2 aromatic heterocycles. The predicted octanol–water partition coefficient (Wildman–Crippen LogP) is 4.48. The van der Waals surface area contributed by atoms with E-state index in [0.29, 0.717) is 0 Å². The van der Waals surface area contributed by atoms with E-state index < -0.39 is 0 Å². The Kier molecular flexibility index (Phi) is 3.89. The molecule has 0 bridgehead atoms. The number of thiophene rings is 1. The van der Waals surface area contributed by atoms with Crippen molar-refractivity contribution in [2.24, 2.45) is 0 Å². The van der Waals surface area contributed by atoms with E-state index in [1.807, 2.05) is 19.2 Å². The molecule has 0 radical (unpaired) electrons. The summed E-state index contributed by atoms with van der Waals surface area (Å²) in [6.45, 7) is 2.10. The standard InChI is InChI=1S/C11H11Br2NOS/c1-6-5-7(12)11(16-6)10(14-2)8-3-4-9(13)15-8/h3-5,10,14H,1-2H3. The van der Waals surface area contributed by atoms with Crippen LogP contribution < -0.4 is 5.32 Å². The Hall–Kier alpha value is -0.100. The molecule has 0 aliphatic carbocycles. The summed E-state index contributed by atoms with van der Waals surface area (Å²) in [5, 5.41) is 3.27. The quantitative estimate of drug-likeness (QED) is 0.868. The van der Waals surface area contributed by atoms with Gasteiger partial charge in [0.1, 0.15) is 11.8 Å². The average molecular weight is 365 g/mol. The Morgan fingerprint density at radius 3 is 2.56 bits per heavy atom. The fraction of sp³-hybridized carbons (Fsp3) is 0.273. The summed E-state index contributed by atoms with van der Waals surface area (Å²) in [6.07, 6.45) is 0. The fourth-order valence-electron chi connectivity index (χ4n) is 1.58. The van der Waals surface area contributed by atoms with Gasteiger partial charge in [-0.25, -0.2) is 0 Å². The van der Waals surface area contributed by atoms with E-state index in [4.69, 9.17) is 4.42 Å². The van der Waals surface area contributed by atoms with Gasteiger partial charge in [-0.2, -0.15) is 0 Å². The van der Waals surface area contributed by atoms with Gasteiger partial charge < -0.3 is 9.73 Å². The van der Waals surface area contributed by atoms with Gasteiger partial charge in [0.15, 0.2) is 4.67 Å². The SMILES string of the molecule is CNC(c1ccc(Br)o1)c1sc(C)cc1Br. The van der Waals surface area contributed by atoms with Crippen molar-refractivity contribution >= 4 is 43.2 Å². The molecule has 5 heteroatoms. The van der Waals surface area contributed by atoms with Crippen molar-refractivity contribution < 1.29 is 4.42 Å². The minimum atomic E-state index is 0.0966. The van der Waals surface area contributed by atoms with E-state index in [2.05, 4.69) is 50.2 Å². The fourth-order valence-corrected chi connectivity index (χ4v) is 3.90. The van der Waals surface area contributed by atoms with Gasteiger partial charge in [0, 0.05) is 14.2 Å². The first-order valence-corrected chi connectivity index (χ1v) is 7.20. The Labute approximate surface area is 115 Å². The highest BCUT2D eigenvalue weighted by Gasteiger charge is 2.20. The second-order valence-electron chi connectivity index (χ2n) is 3.43. The highest BCUT2D eigenvalue weighted by atomic mass is 79.9. The Bertz CT molecular complexity index is 492. The lowest BCUT2D eigenvalue weighted by Gasteiger charge is -2.12. The molecule has 0 saturated carbocycles. The minimum absolute atomic E-state index is 0.0966. The number of hydrogen-bond acceptors (Lipinski definition) is 3. The van der Waals surface area contributed by atoms with Gasteiger partial charge in [0.2, 0.25) is 0 Å². The number of furan rings is 1. The van der Waals surface area contributed by atoms with Crippen LogP contribution in [-0.4, -0.2) is 7.05 Å². The number of aryl methyl sites for hydroxylation is 1. The third kappa shape index (κ3) is 2.42. The summed E-state index contributed by atoms with van der Waals surface area (Å²) in [6, 6.07) is 6.11. The van der Waals surface area contributed by atoms with Gasteiger partial charge in [0.25, 0.3) is 0 Å². The van der Waals surface area contributed by atoms with Crippen LogP contribution in [0.4, 0.5) is 0 Å². The lowest BCUT2D eigenvalue weighted by atomic mass is 10.2. The highest BCUT2D eigenvalue weighted by Crippen LogP contribution is 2.36. The second-order valence-corrected chi connectivity index (χ2v) is 6.36. The largest absolute Gasteiger partial charge is 0.452 e. The first-order chi connectivity index (χ1) is 7.61. The topological polar surface area (TPSA) is 25.2 Å². The normalized spacial score (nSPS) is 13.0. The van der Waals surface area contributed by atoms with Crippen molar-refractivity contribution in [2.45, 2.75) is 13.0 Å². The highest BCUT2D eigenvalue weighted by molar-refractivity contribution is 9.10. The lowest BCUT2D eigenvalue weighted by molar-refractivity contribution is 0.449. The molecule has 0 aliphatic heterocycles. The molecule has 0 spiro atoms. The summed E-state index contributed by atoms with van der Waals surface area (Å²) < 4.78 is 7.48. The number of rotatable bonds is 3. The molecule has 2 nitrogen and oxygen atoms in total. The Balaban J connectivity index is 2.40. The maximum absolute atomic E-state index is 5.60. The summed E-state index contributed by atoms with van der Waals surface area (Å²) in [4.78, 5) is 2.52. The van der Waals surface area contributed by atoms with E-state index >= 15 is 0 Å². The summed E-state index contributed by atoms with van der Waals surface area (Å²) in [5.41, 5.74) is 0. The minimum Gasteiger partial charge on any atom is -0.452 e. The summed E-state index contributed by atoms with van der Waals surface area (Å²) in [7, 11) is 1.93. The number of nitrogens with one attached hydrogen (secondary N) is 1. The Morgan fingerprint density at radius 2 is 2.12 bits per heavy atom. The van der Waals surface area contributed by atoms with Crippen LogP contribution in [0.1, 0.15) is 21.6 Å². The predicted molar refractivity (Wildman–Crippen MR) is 74.1 cm³/mol. The van der Waals surface area contributed by atoms with Crippen LogP contribution in [0.15, 0.2) is 31.8 Å². The molecule has 2 aromatic rings. The Morgan fingerprint density at radius 1 is 1.38 bits per heavy atom. The van der Waals surface area contributed by atoms with Gasteiger partial charge in [-0.1, -0.05) is 0 Å². The van der Waals surface area contributed by atoms with Crippen molar-refractivity contribution in [1.82, 2.24) is 5.32 Å². The van der Waals surface area contributed by atoms with Crippen LogP contribution >= 0.6 is 43.2 Å². The van der Waals surface area contributed by atoms with Crippen LogP contribution in [0.2, 0.25) is 0 Å². The zero-order valence-corrected chi connectivity index (χ0v) is 12.9. The van der Waals surface area contributed by atoms with E-state index in [1.54, 1.807) is 11.3 Å². The average Bonchev–Trinajstić information content (AvgIpc) is 2.76. The van der Waals surface area contributed by atoms with Crippen LogP contribution in [0.3, 0.4) is 0 Å². The molecule has 1 unspecified atom stereocenters. The molecule has 0 saturated heterocycles. The monoisotopic (exact) mass is 363 g/mol. The molecule has 1 N–H and O–H groups in total. The molecule has 2 rings (SSSR count). The van der Waals surface area contributed by atoms with Crippen molar-refractivity contribution in [3.63, 3.8) is 0 Å². The van der Waals surface area contributed by atoms with Crippen molar-refractivity contribution in [3.8, 4) is 0 Å². The van der Waals surface area contributed by atoms with Gasteiger partial charge in [-0.15, -0.1) is 11.3 Å². The molecule has 1 atom stereocenters. The van der Waals surface area contributed by atoms with E-state index in [-0.39, 0.29) is 6.04 Å². The van der Waals surface area contributed by atoms with Gasteiger partial charge in [0.05, 0.1) is 0 Å². The zero-order valence-electron chi connectivity index (χ0n) is 8.88. The molecule has 86 valence electrons. The maximum atomic E-state index is 5.60. The molecule has 2 heterocycles. The first kappa shape index (κ1) is 12.4. The van der Waals surface area contributed by atoms with Crippen LogP contribution in [0.5, 0.6) is 0 Å². The molecular weight excluding hydrogens is 354 g/mol. The molecule has 16 heavy (non-hydrogen) atoms. The molecule has 0 aliphatic rings. The third-order valence-corrected chi connectivity index (χ3v) is 4.73. The summed E-state index contributed by atoms with van der Waals surface area (Å²) >= 11 is 8.67. The summed E-state index contributed by atoms with van der Waals surface area (Å²) in [5.74, 6) is 0.914. The van der Waals surface area contributed by atoms with Gasteiger partial charge in [-0.3, -0.25) is 0 Å². The zero-order chi connectivity index (χ0) is 11.7. The smallest absolute Gasteiger partial charge is 0.169 e. The van der Waals surface area contributed by atoms with Gasteiger partial charge >= 0.3 is 0 Å². The third-order valence-electron chi connectivity index (χ3n) is 2.27. The molecule has 0 fully saturated rings. The molecule has 0 amide bonds. The van der Waals surface area contributed by atoms with Crippen LogP contribution in [-0.2, 0) is 0 Å². The van der Waals surface area contributed by atoms with Crippen molar-refractivity contribution in [2.75, 3.05) is 7.05 Å². The van der Waals surface area contributed by atoms with Crippen molar-refractivity contribution in [1.29, 1.82) is 0 Å². The first-order valence-electron chi connectivity index (χ1n) is 4.80. The van der Waals surface area contributed by atoms with Crippen LogP contribution in [0.25, 0.3) is 0 Å². The van der Waals surface area contributed by atoms with E-state index in [0.717, 1.165) is 14.9 Å². The van der Waals surface area contributed by atoms with Gasteiger partial charge in [-0.05, 0) is 64.0 Å². The molecular formula is C11H11Br2NOS. The van der Waals surface area contributed by atoms with Crippen molar-refractivity contribution in [3.05, 3.63) is 42.9 Å². The van der Waals surface area contributed by atoms with Crippen LogP contribution in [0, 0.1) is 6.92 Å². The molecule has 0 aromatic carbocycles. The maximum Gasteiger partial charge on any atom is 0.169 e. The van der Waals surface area contributed by atoms with E-state index in [1.165, 1.54) is 9.75 Å². The number of halogens is 2. The lowest BCUT2D eigenvalue weighted by Crippen LogP contribution is -2.16.